The maximum atomic E-state index is 5.17. The third kappa shape index (κ3) is 3.39. The van der Waals surface area contributed by atoms with Crippen molar-refractivity contribution < 1.29 is 9.47 Å². The summed E-state index contributed by atoms with van der Waals surface area (Å²) < 4.78 is 11.5. The molecule has 0 spiro atoms. The summed E-state index contributed by atoms with van der Waals surface area (Å²) >= 11 is 6.94. The van der Waals surface area contributed by atoms with Crippen LogP contribution in [0, 0.1) is 0 Å². The Labute approximate surface area is 156 Å². The van der Waals surface area contributed by atoms with E-state index in [1.165, 1.54) is 0 Å². The quantitative estimate of drug-likeness (QED) is 0.645. The second-order valence-corrected chi connectivity index (χ2v) is 6.18. The molecule has 0 radical (unpaired) electrons. The largest absolute Gasteiger partial charge is 0.497 e. The molecule has 3 rings (SSSR count). The summed E-state index contributed by atoms with van der Waals surface area (Å²) in [5.41, 5.74) is 1.72. The first kappa shape index (κ1) is 16.8. The fourth-order valence-electron chi connectivity index (χ4n) is 2.11. The van der Waals surface area contributed by atoms with Crippen LogP contribution in [0.3, 0.4) is 0 Å². The van der Waals surface area contributed by atoms with Gasteiger partial charge in [-0.05, 0) is 80.4 Å². The number of hydrogen-bond donors (Lipinski definition) is 0. The van der Waals surface area contributed by atoms with Crippen molar-refractivity contribution in [3.05, 3.63) is 48.5 Å². The number of benzene rings is 2. The topological polar surface area (TPSA) is 49.7 Å². The fourth-order valence-corrected chi connectivity index (χ4v) is 2.99. The van der Waals surface area contributed by atoms with E-state index >= 15 is 0 Å². The molecular formula is C16H14Br2N4O2. The number of nitrogens with zero attached hydrogens (tertiary/aromatic N) is 4. The van der Waals surface area contributed by atoms with Crippen LogP contribution in [-0.4, -0.2) is 23.7 Å². The normalized spacial score (nSPS) is 14.2. The molecule has 0 fully saturated rings. The lowest BCUT2D eigenvalue weighted by molar-refractivity contribution is 0.414. The van der Waals surface area contributed by atoms with Gasteiger partial charge in [0.2, 0.25) is 9.49 Å². The third-order valence-corrected chi connectivity index (χ3v) is 4.34. The lowest BCUT2D eigenvalue weighted by Crippen LogP contribution is -2.35. The zero-order valence-corrected chi connectivity index (χ0v) is 16.2. The second kappa shape index (κ2) is 7.23. The van der Waals surface area contributed by atoms with Crippen LogP contribution in [0.2, 0.25) is 0 Å². The van der Waals surface area contributed by atoms with E-state index in [4.69, 9.17) is 9.47 Å². The molecule has 0 aliphatic carbocycles. The number of methoxy groups -OCH3 is 2. The predicted molar refractivity (Wildman–Crippen MR) is 104 cm³/mol. The van der Waals surface area contributed by atoms with Gasteiger partial charge in [-0.2, -0.15) is 0 Å². The predicted octanol–water partition coefficient (Wildman–Crippen LogP) is 4.36. The van der Waals surface area contributed by atoms with E-state index < -0.39 is 0 Å². The Hall–Kier alpha value is -2.06. The molecule has 2 aromatic rings. The molecule has 24 heavy (non-hydrogen) atoms. The maximum absolute atomic E-state index is 5.17. The van der Waals surface area contributed by atoms with Crippen LogP contribution in [0.4, 0.5) is 11.4 Å². The third-order valence-electron chi connectivity index (χ3n) is 3.35. The van der Waals surface area contributed by atoms with Crippen molar-refractivity contribution in [2.24, 2.45) is 10.2 Å². The lowest BCUT2D eigenvalue weighted by Gasteiger charge is -2.27. The first-order valence-corrected chi connectivity index (χ1v) is 8.57. The molecule has 0 bridgehead atoms. The highest BCUT2D eigenvalue weighted by atomic mass is 79.9. The number of hydrazone groups is 2. The minimum Gasteiger partial charge on any atom is -0.497 e. The van der Waals surface area contributed by atoms with Gasteiger partial charge < -0.3 is 9.47 Å². The maximum Gasteiger partial charge on any atom is 0.218 e. The average Bonchev–Trinajstić information content (AvgIpc) is 2.63. The summed E-state index contributed by atoms with van der Waals surface area (Å²) in [6, 6.07) is 15.1. The highest BCUT2D eigenvalue weighted by Crippen LogP contribution is 2.28. The molecule has 1 heterocycles. The van der Waals surface area contributed by atoms with Crippen molar-refractivity contribution >= 4 is 52.7 Å². The van der Waals surface area contributed by atoms with Crippen LogP contribution in [-0.2, 0) is 0 Å². The molecule has 2 aromatic carbocycles. The molecule has 0 unspecified atom stereocenters. The smallest absolute Gasteiger partial charge is 0.218 e. The average molecular weight is 454 g/mol. The lowest BCUT2D eigenvalue weighted by atomic mass is 10.3. The number of ether oxygens (including phenoxy) is 2. The summed E-state index contributed by atoms with van der Waals surface area (Å²) in [7, 11) is 3.27. The zero-order chi connectivity index (χ0) is 17.1. The Balaban J connectivity index is 1.87. The van der Waals surface area contributed by atoms with E-state index in [1.807, 2.05) is 48.5 Å². The molecular weight excluding hydrogens is 440 g/mol. The van der Waals surface area contributed by atoms with E-state index in [1.54, 1.807) is 24.2 Å². The van der Waals surface area contributed by atoms with Gasteiger partial charge in [0.25, 0.3) is 0 Å². The monoisotopic (exact) mass is 452 g/mol. The van der Waals surface area contributed by atoms with Crippen molar-refractivity contribution in [1.82, 2.24) is 0 Å². The van der Waals surface area contributed by atoms with Crippen molar-refractivity contribution in [3.63, 3.8) is 0 Å². The summed E-state index contributed by atoms with van der Waals surface area (Å²) in [6.07, 6.45) is 0. The van der Waals surface area contributed by atoms with Gasteiger partial charge in [0, 0.05) is 0 Å². The van der Waals surface area contributed by atoms with Gasteiger partial charge in [0.1, 0.15) is 11.5 Å². The van der Waals surface area contributed by atoms with Crippen LogP contribution in [0.5, 0.6) is 11.5 Å². The molecule has 0 saturated carbocycles. The van der Waals surface area contributed by atoms with Crippen molar-refractivity contribution in [2.75, 3.05) is 24.2 Å². The van der Waals surface area contributed by atoms with Gasteiger partial charge in [-0.25, -0.2) is 10.0 Å². The SMILES string of the molecule is COc1ccc(N2N=C(Br)N(c3ccc(OC)cc3)N=C2Br)cc1. The van der Waals surface area contributed by atoms with Crippen LogP contribution in [0.1, 0.15) is 0 Å². The summed E-state index contributed by atoms with van der Waals surface area (Å²) in [5, 5.41) is 12.4. The van der Waals surface area contributed by atoms with Crippen molar-refractivity contribution in [1.29, 1.82) is 0 Å². The van der Waals surface area contributed by atoms with Crippen LogP contribution in [0.25, 0.3) is 0 Å². The standard InChI is InChI=1S/C16H14Br2N4O2/c1-23-13-7-3-11(4-8-13)21-15(17)20-22(16(18)19-21)12-5-9-14(24-2)10-6-12/h3-10H,1-2H3. The second-order valence-electron chi connectivity index (χ2n) is 4.76. The van der Waals surface area contributed by atoms with E-state index in [0.717, 1.165) is 22.9 Å². The van der Waals surface area contributed by atoms with Crippen molar-refractivity contribution in [3.8, 4) is 11.5 Å². The number of halogens is 2. The van der Waals surface area contributed by atoms with E-state index in [9.17, 15) is 0 Å². The summed E-state index contributed by atoms with van der Waals surface area (Å²) in [5.74, 6) is 1.57. The minimum atomic E-state index is 0.562. The van der Waals surface area contributed by atoms with Crippen molar-refractivity contribution in [2.45, 2.75) is 0 Å². The molecule has 0 amide bonds. The number of anilines is 2. The van der Waals surface area contributed by atoms with Crippen LogP contribution in [0.15, 0.2) is 58.7 Å². The molecule has 0 N–H and O–H groups in total. The highest BCUT2D eigenvalue weighted by molar-refractivity contribution is 9.19. The molecule has 6 nitrogen and oxygen atoms in total. The van der Waals surface area contributed by atoms with E-state index in [2.05, 4.69) is 42.1 Å². The Bertz CT molecular complexity index is 708. The van der Waals surface area contributed by atoms with E-state index in [0.29, 0.717) is 9.49 Å². The minimum absolute atomic E-state index is 0.562. The van der Waals surface area contributed by atoms with Gasteiger partial charge in [-0.3, -0.25) is 0 Å². The Kier molecular flexibility index (Phi) is 5.06. The van der Waals surface area contributed by atoms with Crippen LogP contribution < -0.4 is 19.5 Å². The first-order chi connectivity index (χ1) is 11.6. The van der Waals surface area contributed by atoms with Gasteiger partial charge in [-0.1, -0.05) is 0 Å². The van der Waals surface area contributed by atoms with Gasteiger partial charge >= 0.3 is 0 Å². The first-order valence-electron chi connectivity index (χ1n) is 6.99. The number of rotatable bonds is 4. The molecule has 1 aliphatic rings. The number of hydrogen-bond acceptors (Lipinski definition) is 6. The van der Waals surface area contributed by atoms with Crippen LogP contribution >= 0.6 is 31.9 Å². The Morgan fingerprint density at radius 3 is 1.29 bits per heavy atom. The fraction of sp³-hybridized carbons (Fsp3) is 0.125. The van der Waals surface area contributed by atoms with Gasteiger partial charge in [0.05, 0.1) is 25.6 Å². The van der Waals surface area contributed by atoms with Gasteiger partial charge in [0.15, 0.2) is 0 Å². The highest BCUT2D eigenvalue weighted by Gasteiger charge is 2.22. The molecule has 0 atom stereocenters. The Morgan fingerprint density at radius 2 is 1.00 bits per heavy atom. The zero-order valence-electron chi connectivity index (χ0n) is 13.0. The number of amidine groups is 2. The molecule has 0 saturated heterocycles. The molecule has 8 heteroatoms. The Morgan fingerprint density at radius 1 is 0.667 bits per heavy atom. The summed E-state index contributed by atoms with van der Waals surface area (Å²) in [6.45, 7) is 0. The summed E-state index contributed by atoms with van der Waals surface area (Å²) in [4.78, 5) is 0. The molecule has 1 aliphatic heterocycles. The van der Waals surface area contributed by atoms with E-state index in [-0.39, 0.29) is 0 Å². The van der Waals surface area contributed by atoms with Gasteiger partial charge in [-0.15, -0.1) is 10.2 Å². The molecule has 0 aromatic heterocycles. The molecule has 124 valence electrons.